The Labute approximate surface area is 159 Å². The highest BCUT2D eigenvalue weighted by atomic mass is 16.6. The number of nitrogens with zero attached hydrogens (tertiary/aromatic N) is 3. The van der Waals surface area contributed by atoms with Crippen molar-refractivity contribution in [2.24, 2.45) is 5.73 Å². The van der Waals surface area contributed by atoms with E-state index in [1.807, 2.05) is 12.1 Å². The summed E-state index contributed by atoms with van der Waals surface area (Å²) in [7, 11) is 0. The average molecular weight is 382 g/mol. The van der Waals surface area contributed by atoms with Crippen LogP contribution in [0.1, 0.15) is 16.9 Å². The highest BCUT2D eigenvalue weighted by molar-refractivity contribution is 6.04. The molecule has 3 rings (SSSR count). The van der Waals surface area contributed by atoms with Gasteiger partial charge < -0.3 is 16.4 Å². The quantitative estimate of drug-likeness (QED) is 0.326. The molecule has 0 radical (unpaired) electrons. The minimum absolute atomic E-state index is 0.0529. The summed E-state index contributed by atoms with van der Waals surface area (Å²) in [6.07, 6.45) is 0.530. The van der Waals surface area contributed by atoms with Gasteiger partial charge in [0, 0.05) is 36.3 Å². The minimum Gasteiger partial charge on any atom is -0.364 e. The molecule has 0 spiro atoms. The number of fused-ring (bicyclic) bond motifs is 1. The van der Waals surface area contributed by atoms with Gasteiger partial charge in [-0.15, -0.1) is 0 Å². The fraction of sp³-hybridized carbons (Fsp3) is 0.167. The van der Waals surface area contributed by atoms with Crippen LogP contribution < -0.4 is 16.4 Å². The number of anilines is 1. The third-order valence-electron chi connectivity index (χ3n) is 4.05. The zero-order chi connectivity index (χ0) is 20.1. The Hall–Kier alpha value is -3.95. The van der Waals surface area contributed by atoms with Gasteiger partial charge in [-0.05, 0) is 24.6 Å². The van der Waals surface area contributed by atoms with Gasteiger partial charge in [0.1, 0.15) is 5.69 Å². The van der Waals surface area contributed by atoms with E-state index in [1.54, 1.807) is 16.8 Å². The number of urea groups is 1. The van der Waals surface area contributed by atoms with Gasteiger partial charge in [-0.3, -0.25) is 19.6 Å². The number of carbonyl (C=O) groups is 2. The third kappa shape index (κ3) is 4.23. The molecule has 0 fully saturated rings. The van der Waals surface area contributed by atoms with Crippen molar-refractivity contribution in [1.82, 2.24) is 15.1 Å². The largest absolute Gasteiger partial charge is 0.364 e. The van der Waals surface area contributed by atoms with Crippen LogP contribution in [0, 0.1) is 10.1 Å². The molecule has 2 aromatic carbocycles. The van der Waals surface area contributed by atoms with Crippen LogP contribution in [0.2, 0.25) is 0 Å². The van der Waals surface area contributed by atoms with Gasteiger partial charge in [-0.25, -0.2) is 4.79 Å². The molecule has 0 aliphatic heterocycles. The van der Waals surface area contributed by atoms with Crippen molar-refractivity contribution in [1.29, 1.82) is 0 Å². The molecule has 144 valence electrons. The van der Waals surface area contributed by atoms with E-state index in [2.05, 4.69) is 15.7 Å². The number of aryl methyl sites for hydroxylation is 1. The Kier molecular flexibility index (Phi) is 5.49. The van der Waals surface area contributed by atoms with Gasteiger partial charge in [-0.1, -0.05) is 18.2 Å². The minimum atomic E-state index is -0.558. The van der Waals surface area contributed by atoms with Gasteiger partial charge in [0.2, 0.25) is 0 Å². The SMILES string of the molecule is NC(=O)c1c2ccccc2nn1CCCNC(=O)Nc1ccc([N+](=O)[O-])cc1. The lowest BCUT2D eigenvalue weighted by molar-refractivity contribution is -0.384. The van der Waals surface area contributed by atoms with Gasteiger partial charge >= 0.3 is 6.03 Å². The third-order valence-corrected chi connectivity index (χ3v) is 4.05. The number of nitro benzene ring substituents is 1. The normalized spacial score (nSPS) is 10.6. The van der Waals surface area contributed by atoms with Crippen molar-refractivity contribution in [3.8, 4) is 0 Å². The topological polar surface area (TPSA) is 145 Å². The number of benzene rings is 2. The predicted octanol–water partition coefficient (Wildman–Crippen LogP) is 2.26. The highest BCUT2D eigenvalue weighted by Gasteiger charge is 2.15. The van der Waals surface area contributed by atoms with Gasteiger partial charge in [0.25, 0.3) is 11.6 Å². The fourth-order valence-corrected chi connectivity index (χ4v) is 2.77. The van der Waals surface area contributed by atoms with Crippen molar-refractivity contribution in [2.75, 3.05) is 11.9 Å². The maximum Gasteiger partial charge on any atom is 0.319 e. The molecule has 28 heavy (non-hydrogen) atoms. The van der Waals surface area contributed by atoms with Gasteiger partial charge in [0.05, 0.1) is 10.4 Å². The maximum atomic E-state index is 11.9. The summed E-state index contributed by atoms with van der Waals surface area (Å²) in [5.41, 5.74) is 6.88. The van der Waals surface area contributed by atoms with E-state index in [9.17, 15) is 19.7 Å². The first kappa shape index (κ1) is 18.8. The lowest BCUT2D eigenvalue weighted by Gasteiger charge is -2.08. The molecule has 1 aromatic heterocycles. The van der Waals surface area contributed by atoms with E-state index >= 15 is 0 Å². The molecular weight excluding hydrogens is 364 g/mol. The lowest BCUT2D eigenvalue weighted by atomic mass is 10.2. The van der Waals surface area contributed by atoms with Crippen molar-refractivity contribution >= 4 is 34.2 Å². The predicted molar refractivity (Wildman–Crippen MR) is 103 cm³/mol. The van der Waals surface area contributed by atoms with E-state index in [4.69, 9.17) is 5.73 Å². The van der Waals surface area contributed by atoms with Crippen LogP contribution in [0.25, 0.3) is 10.9 Å². The number of nitro groups is 1. The number of carbonyl (C=O) groups excluding carboxylic acids is 2. The summed E-state index contributed by atoms with van der Waals surface area (Å²) in [5, 5.41) is 21.0. The highest BCUT2D eigenvalue weighted by Crippen LogP contribution is 2.18. The van der Waals surface area contributed by atoms with Crippen LogP contribution in [0.15, 0.2) is 48.5 Å². The lowest BCUT2D eigenvalue weighted by Crippen LogP contribution is -2.30. The summed E-state index contributed by atoms with van der Waals surface area (Å²) in [6, 6.07) is 12.3. The smallest absolute Gasteiger partial charge is 0.319 e. The number of aromatic nitrogens is 2. The van der Waals surface area contributed by atoms with Crippen LogP contribution in [-0.4, -0.2) is 33.2 Å². The first-order valence-electron chi connectivity index (χ1n) is 8.50. The molecule has 10 nitrogen and oxygen atoms in total. The van der Waals surface area contributed by atoms with Crippen LogP contribution in [-0.2, 0) is 6.54 Å². The van der Waals surface area contributed by atoms with E-state index < -0.39 is 16.9 Å². The Morgan fingerprint density at radius 2 is 1.86 bits per heavy atom. The number of rotatable bonds is 7. The molecule has 0 atom stereocenters. The molecule has 3 amide bonds. The monoisotopic (exact) mass is 382 g/mol. The number of hydrogen-bond acceptors (Lipinski definition) is 5. The van der Waals surface area contributed by atoms with E-state index in [1.165, 1.54) is 24.3 Å². The molecule has 1 heterocycles. The second-order valence-corrected chi connectivity index (χ2v) is 5.99. The first-order valence-corrected chi connectivity index (χ1v) is 8.50. The molecule has 0 bridgehead atoms. The Morgan fingerprint density at radius 3 is 2.54 bits per heavy atom. The van der Waals surface area contributed by atoms with Crippen molar-refractivity contribution in [2.45, 2.75) is 13.0 Å². The molecule has 0 saturated heterocycles. The van der Waals surface area contributed by atoms with Gasteiger partial charge in [0.15, 0.2) is 0 Å². The number of nitrogens with two attached hydrogens (primary N) is 1. The molecule has 0 aliphatic carbocycles. The van der Waals surface area contributed by atoms with Crippen LogP contribution >= 0.6 is 0 Å². The number of non-ortho nitro benzene ring substituents is 1. The van der Waals surface area contributed by atoms with E-state index in [-0.39, 0.29) is 5.69 Å². The maximum absolute atomic E-state index is 11.9. The van der Waals surface area contributed by atoms with E-state index in [0.29, 0.717) is 41.8 Å². The van der Waals surface area contributed by atoms with E-state index in [0.717, 1.165) is 0 Å². The number of hydrogen-bond donors (Lipinski definition) is 3. The Balaban J connectivity index is 1.52. The first-order chi connectivity index (χ1) is 13.5. The zero-order valence-electron chi connectivity index (χ0n) is 14.8. The standard InChI is InChI=1S/C18H18N6O4/c19-17(25)16-14-4-1-2-5-15(14)22-23(16)11-3-10-20-18(26)21-12-6-8-13(9-7-12)24(27)28/h1-2,4-9H,3,10-11H2,(H2,19,25)(H2,20,21,26). The van der Waals surface area contributed by atoms with Crippen molar-refractivity contribution < 1.29 is 14.5 Å². The van der Waals surface area contributed by atoms with Crippen molar-refractivity contribution in [3.05, 3.63) is 64.3 Å². The number of primary amides is 1. The van der Waals surface area contributed by atoms with Gasteiger partial charge in [-0.2, -0.15) is 5.10 Å². The molecule has 0 unspecified atom stereocenters. The molecule has 4 N–H and O–H groups in total. The molecular formula is C18H18N6O4. The summed E-state index contributed by atoms with van der Waals surface area (Å²) in [5.74, 6) is -0.558. The summed E-state index contributed by atoms with van der Waals surface area (Å²) in [6.45, 7) is 0.748. The second-order valence-electron chi connectivity index (χ2n) is 5.99. The summed E-state index contributed by atoms with van der Waals surface area (Å²) in [4.78, 5) is 33.8. The summed E-state index contributed by atoms with van der Waals surface area (Å²) >= 11 is 0. The number of nitrogens with one attached hydrogen (secondary N) is 2. The number of amides is 3. The van der Waals surface area contributed by atoms with Crippen molar-refractivity contribution in [3.63, 3.8) is 0 Å². The zero-order valence-corrected chi connectivity index (χ0v) is 14.8. The summed E-state index contributed by atoms with van der Waals surface area (Å²) < 4.78 is 1.54. The Bertz CT molecular complexity index is 1030. The van der Waals surface area contributed by atoms with Crippen LogP contribution in [0.4, 0.5) is 16.2 Å². The molecule has 3 aromatic rings. The molecule has 0 saturated carbocycles. The fourth-order valence-electron chi connectivity index (χ4n) is 2.77. The van der Waals surface area contributed by atoms with Crippen LogP contribution in [0.5, 0.6) is 0 Å². The Morgan fingerprint density at radius 1 is 1.14 bits per heavy atom. The molecule has 0 aliphatic rings. The van der Waals surface area contributed by atoms with Crippen LogP contribution in [0.3, 0.4) is 0 Å². The molecule has 10 heteroatoms. The second kappa shape index (κ2) is 8.16. The average Bonchev–Trinajstić information content (AvgIpc) is 3.04.